The largest absolute Gasteiger partial charge is 0.497 e. The van der Waals surface area contributed by atoms with Gasteiger partial charge >= 0.3 is 6.95 Å². The van der Waals surface area contributed by atoms with Crippen molar-refractivity contribution in [2.45, 2.75) is 6.92 Å². The summed E-state index contributed by atoms with van der Waals surface area (Å²) >= 11 is 5.54. The van der Waals surface area contributed by atoms with Crippen molar-refractivity contribution in [1.82, 2.24) is 0 Å². The summed E-state index contributed by atoms with van der Waals surface area (Å²) in [4.78, 5) is 0. The number of benzene rings is 1. The molecule has 0 aliphatic heterocycles. The third kappa shape index (κ3) is 4.12. The van der Waals surface area contributed by atoms with Crippen LogP contribution < -0.4 is 9.26 Å². The number of rotatable bonds is 5. The van der Waals surface area contributed by atoms with E-state index < -0.39 is 6.95 Å². The van der Waals surface area contributed by atoms with Crippen molar-refractivity contribution in [3.63, 3.8) is 0 Å². The summed E-state index contributed by atoms with van der Waals surface area (Å²) in [5.74, 6) is 0.946. The van der Waals surface area contributed by atoms with Crippen molar-refractivity contribution in [3.05, 3.63) is 24.3 Å². The molecule has 1 aromatic carbocycles. The first kappa shape index (κ1) is 12.4. The lowest BCUT2D eigenvalue weighted by atomic mass is 10.3. The fraction of sp³-hybridized carbons (Fsp3) is 0.333. The predicted molar refractivity (Wildman–Crippen MR) is 58.7 cm³/mol. The second-order valence-electron chi connectivity index (χ2n) is 2.62. The van der Waals surface area contributed by atoms with Gasteiger partial charge in [0, 0.05) is 17.3 Å². The summed E-state index contributed by atoms with van der Waals surface area (Å²) < 4.78 is 26.2. The van der Waals surface area contributed by atoms with Gasteiger partial charge in [0.1, 0.15) is 11.5 Å². The molecule has 0 spiro atoms. The van der Waals surface area contributed by atoms with Crippen molar-refractivity contribution in [2.24, 2.45) is 0 Å². The van der Waals surface area contributed by atoms with Gasteiger partial charge in [0.2, 0.25) is 0 Å². The highest BCUT2D eigenvalue weighted by atomic mass is 35.7. The maximum Gasteiger partial charge on any atom is 0.476 e. The summed E-state index contributed by atoms with van der Waals surface area (Å²) in [7, 11) is 1.53. The first-order chi connectivity index (χ1) is 7.07. The van der Waals surface area contributed by atoms with E-state index in [4.69, 9.17) is 25.0 Å². The average molecular weight is 251 g/mol. The van der Waals surface area contributed by atoms with E-state index in [1.165, 1.54) is 7.11 Å². The molecule has 1 aromatic rings. The molecule has 6 heteroatoms. The Kier molecular flexibility index (Phi) is 4.45. The van der Waals surface area contributed by atoms with E-state index in [-0.39, 0.29) is 6.61 Å². The fourth-order valence-corrected chi connectivity index (χ4v) is 2.22. The van der Waals surface area contributed by atoms with Crippen LogP contribution in [0.1, 0.15) is 6.92 Å². The average Bonchev–Trinajstić information content (AvgIpc) is 2.17. The Bertz CT molecular complexity index is 369. The highest BCUT2D eigenvalue weighted by Gasteiger charge is 2.21. The second-order valence-corrected chi connectivity index (χ2v) is 5.16. The van der Waals surface area contributed by atoms with E-state index in [1.54, 1.807) is 31.2 Å². The molecule has 0 aromatic heterocycles. The zero-order chi connectivity index (χ0) is 11.3. The highest BCUT2D eigenvalue weighted by Crippen LogP contribution is 2.53. The molecule has 1 rings (SSSR count). The van der Waals surface area contributed by atoms with Crippen LogP contribution in [0.4, 0.5) is 0 Å². The minimum atomic E-state index is -3.53. The van der Waals surface area contributed by atoms with Gasteiger partial charge in [-0.1, -0.05) is 6.07 Å². The standard InChI is InChI=1S/C9H12ClO4P/c1-3-13-15(10,11)14-9-6-4-5-8(7-9)12-2/h4-7H,3H2,1-2H3/t15-/m0/s1. The van der Waals surface area contributed by atoms with Crippen LogP contribution in [0.15, 0.2) is 24.3 Å². The lowest BCUT2D eigenvalue weighted by Gasteiger charge is -2.11. The quantitative estimate of drug-likeness (QED) is 0.751. The second kappa shape index (κ2) is 5.40. The zero-order valence-corrected chi connectivity index (χ0v) is 10.1. The van der Waals surface area contributed by atoms with Crippen LogP contribution in [0.2, 0.25) is 0 Å². The molecule has 84 valence electrons. The first-order valence-corrected chi connectivity index (χ1v) is 6.80. The van der Waals surface area contributed by atoms with Gasteiger partial charge in [-0.2, -0.15) is 0 Å². The van der Waals surface area contributed by atoms with E-state index >= 15 is 0 Å². The molecule has 0 bridgehead atoms. The topological polar surface area (TPSA) is 44.8 Å². The molecule has 0 unspecified atom stereocenters. The Morgan fingerprint density at radius 1 is 1.40 bits per heavy atom. The van der Waals surface area contributed by atoms with Crippen LogP contribution in [0.25, 0.3) is 0 Å². The van der Waals surface area contributed by atoms with Crippen LogP contribution >= 0.6 is 18.2 Å². The Labute approximate surface area is 93.4 Å². The maximum absolute atomic E-state index is 11.5. The molecular formula is C9H12ClO4P. The summed E-state index contributed by atoms with van der Waals surface area (Å²) in [5.41, 5.74) is 0. The number of ether oxygens (including phenoxy) is 1. The Morgan fingerprint density at radius 3 is 2.67 bits per heavy atom. The van der Waals surface area contributed by atoms with Gasteiger partial charge in [0.15, 0.2) is 0 Å². The fourth-order valence-electron chi connectivity index (χ4n) is 0.964. The van der Waals surface area contributed by atoms with Gasteiger partial charge in [-0.05, 0) is 19.1 Å². The van der Waals surface area contributed by atoms with Crippen LogP contribution in [0, 0.1) is 0 Å². The van der Waals surface area contributed by atoms with Gasteiger partial charge < -0.3 is 9.26 Å². The monoisotopic (exact) mass is 250 g/mol. The molecule has 4 nitrogen and oxygen atoms in total. The SMILES string of the molecule is CCO[P@@](=O)(Cl)Oc1cccc(OC)c1. The van der Waals surface area contributed by atoms with Crippen LogP contribution in [-0.4, -0.2) is 13.7 Å². The molecule has 0 saturated heterocycles. The number of hydrogen-bond donors (Lipinski definition) is 0. The molecule has 0 fully saturated rings. The van der Waals surface area contributed by atoms with Crippen LogP contribution in [-0.2, 0) is 9.09 Å². The Balaban J connectivity index is 2.75. The summed E-state index contributed by atoms with van der Waals surface area (Å²) in [6.07, 6.45) is 0. The number of halogens is 1. The Hall–Kier alpha value is -0.700. The van der Waals surface area contributed by atoms with Crippen LogP contribution in [0.3, 0.4) is 0 Å². The molecule has 0 aliphatic carbocycles. The summed E-state index contributed by atoms with van der Waals surface area (Å²) in [6, 6.07) is 6.65. The molecule has 1 atom stereocenters. The lowest BCUT2D eigenvalue weighted by molar-refractivity contribution is 0.294. The first-order valence-electron chi connectivity index (χ1n) is 4.35. The predicted octanol–water partition coefficient (Wildman–Crippen LogP) is 3.46. The van der Waals surface area contributed by atoms with Gasteiger partial charge in [-0.15, -0.1) is 0 Å². The van der Waals surface area contributed by atoms with E-state index in [9.17, 15) is 4.57 Å². The molecule has 0 radical (unpaired) electrons. The normalized spacial score (nSPS) is 14.3. The van der Waals surface area contributed by atoms with Gasteiger partial charge in [0.05, 0.1) is 13.7 Å². The van der Waals surface area contributed by atoms with Crippen molar-refractivity contribution < 1.29 is 18.3 Å². The smallest absolute Gasteiger partial charge is 0.476 e. The minimum Gasteiger partial charge on any atom is -0.497 e. The van der Waals surface area contributed by atoms with Crippen molar-refractivity contribution in [1.29, 1.82) is 0 Å². The summed E-state index contributed by atoms with van der Waals surface area (Å²) in [6.45, 7) is -1.62. The number of methoxy groups -OCH3 is 1. The molecular weight excluding hydrogens is 239 g/mol. The van der Waals surface area contributed by atoms with E-state index in [1.807, 2.05) is 0 Å². The van der Waals surface area contributed by atoms with Gasteiger partial charge in [-0.3, -0.25) is 4.52 Å². The molecule has 0 aliphatic rings. The third-order valence-electron chi connectivity index (χ3n) is 1.54. The lowest BCUT2D eigenvalue weighted by Crippen LogP contribution is -1.92. The van der Waals surface area contributed by atoms with E-state index in [2.05, 4.69) is 0 Å². The third-order valence-corrected chi connectivity index (χ3v) is 3.03. The zero-order valence-electron chi connectivity index (χ0n) is 8.47. The molecule has 0 amide bonds. The molecule has 0 saturated carbocycles. The van der Waals surface area contributed by atoms with Crippen LogP contribution in [0.5, 0.6) is 11.5 Å². The van der Waals surface area contributed by atoms with E-state index in [0.717, 1.165) is 0 Å². The molecule has 0 N–H and O–H groups in total. The van der Waals surface area contributed by atoms with Gasteiger partial charge in [0.25, 0.3) is 0 Å². The van der Waals surface area contributed by atoms with Crippen molar-refractivity contribution in [2.75, 3.05) is 13.7 Å². The van der Waals surface area contributed by atoms with Crippen molar-refractivity contribution in [3.8, 4) is 11.5 Å². The number of hydrogen-bond acceptors (Lipinski definition) is 4. The minimum absolute atomic E-state index is 0.227. The highest BCUT2D eigenvalue weighted by molar-refractivity contribution is 7.81. The Morgan fingerprint density at radius 2 is 2.07 bits per heavy atom. The molecule has 15 heavy (non-hydrogen) atoms. The summed E-state index contributed by atoms with van der Waals surface area (Å²) in [5, 5.41) is 0. The molecule has 0 heterocycles. The van der Waals surface area contributed by atoms with Gasteiger partial charge in [-0.25, -0.2) is 4.57 Å². The maximum atomic E-state index is 11.5. The van der Waals surface area contributed by atoms with E-state index in [0.29, 0.717) is 11.5 Å². The van der Waals surface area contributed by atoms with Crippen molar-refractivity contribution >= 4 is 18.2 Å².